The first-order chi connectivity index (χ1) is 19.3. The third-order valence-electron chi connectivity index (χ3n) is 5.94. The molecule has 0 radical (unpaired) electrons. The lowest BCUT2D eigenvalue weighted by Gasteiger charge is -2.35. The molecule has 0 atom stereocenters. The lowest BCUT2D eigenvalue weighted by atomic mass is 10.0. The molecule has 1 aliphatic rings. The quantitative estimate of drug-likeness (QED) is 0.356. The molecule has 1 aromatic heterocycles. The van der Waals surface area contributed by atoms with Crippen LogP contribution in [0.1, 0.15) is 51.3 Å². The molecule has 1 fully saturated rings. The molecule has 1 aliphatic heterocycles. The number of aromatic nitrogens is 1. The van der Waals surface area contributed by atoms with Gasteiger partial charge in [-0.3, -0.25) is 10.1 Å². The molecule has 0 spiro atoms. The highest BCUT2D eigenvalue weighted by Gasteiger charge is 2.27. The van der Waals surface area contributed by atoms with E-state index < -0.39 is 23.2 Å². The Kier molecular flexibility index (Phi) is 8.86. The van der Waals surface area contributed by atoms with Crippen LogP contribution in [-0.2, 0) is 9.47 Å². The zero-order chi connectivity index (χ0) is 29.8. The van der Waals surface area contributed by atoms with Gasteiger partial charge < -0.3 is 24.6 Å². The van der Waals surface area contributed by atoms with Crippen molar-refractivity contribution >= 4 is 45.8 Å². The summed E-state index contributed by atoms with van der Waals surface area (Å²) < 4.78 is 10.9. The van der Waals surface area contributed by atoms with Crippen LogP contribution in [0.25, 0.3) is 11.1 Å². The van der Waals surface area contributed by atoms with Crippen LogP contribution in [0.2, 0.25) is 0 Å². The monoisotopic (exact) mass is 579 g/mol. The Morgan fingerprint density at radius 1 is 0.805 bits per heavy atom. The first-order valence-corrected chi connectivity index (χ1v) is 14.3. The van der Waals surface area contributed by atoms with Gasteiger partial charge in [-0.05, 0) is 64.8 Å². The third kappa shape index (κ3) is 8.43. The van der Waals surface area contributed by atoms with Crippen molar-refractivity contribution in [2.75, 3.05) is 41.7 Å². The van der Waals surface area contributed by atoms with Crippen LogP contribution in [0, 0.1) is 0 Å². The maximum atomic E-state index is 13.3. The molecule has 2 heterocycles. The van der Waals surface area contributed by atoms with E-state index in [1.54, 1.807) is 37.9 Å². The van der Waals surface area contributed by atoms with Gasteiger partial charge in [0.2, 0.25) is 0 Å². The Bertz CT molecular complexity index is 1390. The molecule has 0 saturated carbocycles. The maximum absolute atomic E-state index is 13.3. The number of amides is 3. The van der Waals surface area contributed by atoms with Gasteiger partial charge in [0.15, 0.2) is 5.01 Å². The summed E-state index contributed by atoms with van der Waals surface area (Å²) in [6.07, 6.45) is 0.723. The smallest absolute Gasteiger partial charge is 0.412 e. The van der Waals surface area contributed by atoms with Gasteiger partial charge in [0.25, 0.3) is 5.91 Å². The molecule has 0 bridgehead atoms. The highest BCUT2D eigenvalue weighted by Crippen LogP contribution is 2.31. The van der Waals surface area contributed by atoms with Crippen molar-refractivity contribution in [2.45, 2.75) is 52.7 Å². The minimum absolute atomic E-state index is 0.280. The van der Waals surface area contributed by atoms with Crippen molar-refractivity contribution in [2.24, 2.45) is 0 Å². The number of piperazine rings is 1. The minimum atomic E-state index is -0.673. The molecule has 3 amide bonds. The number of nitrogens with zero attached hydrogens (tertiary/aromatic N) is 3. The van der Waals surface area contributed by atoms with Gasteiger partial charge in [-0.1, -0.05) is 47.7 Å². The Balaban J connectivity index is 1.47. The van der Waals surface area contributed by atoms with Crippen LogP contribution < -0.4 is 15.5 Å². The number of hydrogen-bond donors (Lipinski definition) is 2. The highest BCUT2D eigenvalue weighted by atomic mass is 32.1. The predicted molar refractivity (Wildman–Crippen MR) is 162 cm³/mol. The van der Waals surface area contributed by atoms with Crippen molar-refractivity contribution in [1.29, 1.82) is 0 Å². The summed E-state index contributed by atoms with van der Waals surface area (Å²) in [7, 11) is 0. The Labute approximate surface area is 244 Å². The molecule has 10 nitrogen and oxygen atoms in total. The van der Waals surface area contributed by atoms with E-state index in [4.69, 9.17) is 9.47 Å². The van der Waals surface area contributed by atoms with Gasteiger partial charge in [0, 0.05) is 26.2 Å². The summed E-state index contributed by atoms with van der Waals surface area (Å²) in [5.41, 5.74) is 1.45. The molecule has 2 N–H and O–H groups in total. The number of ether oxygens (including phenoxy) is 2. The number of anilines is 3. The summed E-state index contributed by atoms with van der Waals surface area (Å²) in [5.74, 6) is -0.397. The zero-order valence-electron chi connectivity index (χ0n) is 24.3. The number of carbonyl (C=O) groups is 3. The molecule has 218 valence electrons. The average molecular weight is 580 g/mol. The molecular formula is C30H37N5O5S. The van der Waals surface area contributed by atoms with Gasteiger partial charge in [0.1, 0.15) is 16.2 Å². The van der Waals surface area contributed by atoms with Gasteiger partial charge in [0.05, 0.1) is 17.6 Å². The van der Waals surface area contributed by atoms with Gasteiger partial charge in [-0.25, -0.2) is 14.6 Å². The fourth-order valence-corrected chi connectivity index (χ4v) is 4.97. The fourth-order valence-electron chi connectivity index (χ4n) is 4.11. The van der Waals surface area contributed by atoms with Crippen LogP contribution in [-0.4, -0.2) is 65.4 Å². The van der Waals surface area contributed by atoms with Crippen molar-refractivity contribution in [1.82, 2.24) is 9.88 Å². The summed E-state index contributed by atoms with van der Waals surface area (Å²) in [6.45, 7) is 13.1. The molecule has 0 unspecified atom stereocenters. The Morgan fingerprint density at radius 2 is 1.46 bits per heavy atom. The Hall–Kier alpha value is -4.12. The summed E-state index contributed by atoms with van der Waals surface area (Å²) in [6, 6.07) is 15.2. The van der Waals surface area contributed by atoms with Gasteiger partial charge in [-0.2, -0.15) is 0 Å². The normalized spacial score (nSPS) is 13.9. The molecule has 2 aromatic carbocycles. The van der Waals surface area contributed by atoms with E-state index in [-0.39, 0.29) is 11.1 Å². The predicted octanol–water partition coefficient (Wildman–Crippen LogP) is 6.47. The molecule has 1 saturated heterocycles. The van der Waals surface area contributed by atoms with E-state index >= 15 is 0 Å². The fraction of sp³-hybridized carbons (Fsp3) is 0.400. The largest absolute Gasteiger partial charge is 0.444 e. The third-order valence-corrected chi connectivity index (χ3v) is 7.00. The van der Waals surface area contributed by atoms with Crippen molar-refractivity contribution in [3.05, 3.63) is 59.7 Å². The number of thiazole rings is 1. The molecular weight excluding hydrogens is 542 g/mol. The summed E-state index contributed by atoms with van der Waals surface area (Å²) in [5, 5.41) is 6.78. The van der Waals surface area contributed by atoms with E-state index in [9.17, 15) is 14.4 Å². The van der Waals surface area contributed by atoms with Crippen LogP contribution in [0.5, 0.6) is 0 Å². The topological polar surface area (TPSA) is 113 Å². The van der Waals surface area contributed by atoms with Gasteiger partial charge >= 0.3 is 12.2 Å². The molecule has 0 aliphatic carbocycles. The lowest BCUT2D eigenvalue weighted by molar-refractivity contribution is 0.0240. The minimum Gasteiger partial charge on any atom is -0.444 e. The SMILES string of the molecule is CC(C)(C)OC(=O)Nc1ccc(-c2ccccc2)cc1NC(=O)c1ncc(N2CCN(C(=O)OC(C)(C)C)CC2)s1. The van der Waals surface area contributed by atoms with E-state index in [0.29, 0.717) is 37.6 Å². The van der Waals surface area contributed by atoms with Crippen molar-refractivity contribution in [3.8, 4) is 11.1 Å². The Morgan fingerprint density at radius 3 is 2.10 bits per heavy atom. The number of carbonyl (C=O) groups excluding carboxylic acids is 3. The first kappa shape index (κ1) is 29.9. The van der Waals surface area contributed by atoms with Crippen molar-refractivity contribution < 1.29 is 23.9 Å². The van der Waals surface area contributed by atoms with E-state index in [2.05, 4.69) is 20.5 Å². The molecule has 41 heavy (non-hydrogen) atoms. The summed E-state index contributed by atoms with van der Waals surface area (Å²) in [4.78, 5) is 46.3. The van der Waals surface area contributed by atoms with Crippen LogP contribution in [0.4, 0.5) is 26.0 Å². The highest BCUT2D eigenvalue weighted by molar-refractivity contribution is 7.17. The van der Waals surface area contributed by atoms with E-state index in [1.807, 2.05) is 63.2 Å². The molecule has 3 aromatic rings. The first-order valence-electron chi connectivity index (χ1n) is 13.5. The van der Waals surface area contributed by atoms with Crippen LogP contribution >= 0.6 is 11.3 Å². The van der Waals surface area contributed by atoms with Crippen LogP contribution in [0.3, 0.4) is 0 Å². The zero-order valence-corrected chi connectivity index (χ0v) is 25.1. The standard InChI is InChI=1S/C30H37N5O5S/c1-29(2,3)39-27(37)33-22-13-12-21(20-10-8-7-9-11-20)18-23(22)32-25(36)26-31-19-24(41-26)34-14-16-35(17-15-34)28(38)40-30(4,5)6/h7-13,18-19H,14-17H2,1-6H3,(H,32,36)(H,33,37). The second kappa shape index (κ2) is 12.2. The van der Waals surface area contributed by atoms with E-state index in [1.165, 1.54) is 11.3 Å². The lowest BCUT2D eigenvalue weighted by Crippen LogP contribution is -2.49. The van der Waals surface area contributed by atoms with E-state index in [0.717, 1.165) is 16.1 Å². The maximum Gasteiger partial charge on any atom is 0.412 e. The molecule has 4 rings (SSSR count). The number of nitrogens with one attached hydrogen (secondary N) is 2. The summed E-state index contributed by atoms with van der Waals surface area (Å²) >= 11 is 1.27. The van der Waals surface area contributed by atoms with Crippen molar-refractivity contribution in [3.63, 3.8) is 0 Å². The number of rotatable bonds is 5. The number of benzene rings is 2. The second-order valence-electron chi connectivity index (χ2n) is 11.7. The van der Waals surface area contributed by atoms with Crippen LogP contribution in [0.15, 0.2) is 54.7 Å². The van der Waals surface area contributed by atoms with Gasteiger partial charge in [-0.15, -0.1) is 0 Å². The second-order valence-corrected chi connectivity index (χ2v) is 12.7. The number of hydrogen-bond acceptors (Lipinski definition) is 8. The molecule has 11 heteroatoms. The average Bonchev–Trinajstić information content (AvgIpc) is 3.39.